The molecule has 5 rings (SSSR count). The van der Waals surface area contributed by atoms with E-state index in [1.54, 1.807) is 29.2 Å². The number of aromatic nitrogens is 5. The van der Waals surface area contributed by atoms with Crippen LogP contribution in [0.4, 0.5) is 24.7 Å². The SMILES string of the molecule is C.N#CCn1cc(-c2cnc3c(Nc4ccc(C(=O)N5CCN(CC(=O)NCCN)CC5)c(Cl)c4)nccn23)c(C(F)(F)F)n1. The fraction of sp³-hybridized carbons (Fsp3) is 0.357. The second-order valence-electron chi connectivity index (χ2n) is 9.88. The average Bonchev–Trinajstić information content (AvgIpc) is 3.61. The van der Waals surface area contributed by atoms with E-state index in [1.807, 2.05) is 4.90 Å². The highest BCUT2D eigenvalue weighted by Crippen LogP contribution is 2.37. The molecule has 0 unspecified atom stereocenters. The van der Waals surface area contributed by atoms with Gasteiger partial charge in [-0.2, -0.15) is 23.5 Å². The Bertz CT molecular complexity index is 1720. The molecule has 238 valence electrons. The molecule has 1 aromatic carbocycles. The van der Waals surface area contributed by atoms with Gasteiger partial charge < -0.3 is 21.3 Å². The standard InChI is InChI=1S/C27H27ClF3N11O2.CH4/c28-20-13-17(1-2-18(20)26(44)40-11-9-39(10-12-40)16-22(43)34-5-3-32)37-24-25-36-14-21(42(25)8-6-35-24)19-15-41(7-4-33)38-23(19)27(29,30)31;/h1-2,6,8,13-15H,3,5,7,9-12,16,32H2,(H,34,43)(H,35,37);1H4. The summed E-state index contributed by atoms with van der Waals surface area (Å²) in [7, 11) is 0. The number of hydrogen-bond donors (Lipinski definition) is 3. The maximum absolute atomic E-state index is 13.7. The number of carbonyl (C=O) groups is 2. The zero-order valence-corrected chi connectivity index (χ0v) is 23.9. The van der Waals surface area contributed by atoms with Crippen molar-refractivity contribution in [2.24, 2.45) is 5.73 Å². The first-order chi connectivity index (χ1) is 21.1. The van der Waals surface area contributed by atoms with Crippen LogP contribution in [0.3, 0.4) is 0 Å². The first-order valence-electron chi connectivity index (χ1n) is 13.5. The van der Waals surface area contributed by atoms with Crippen LogP contribution in [-0.4, -0.2) is 91.6 Å². The van der Waals surface area contributed by atoms with Crippen molar-refractivity contribution in [2.75, 3.05) is 51.1 Å². The van der Waals surface area contributed by atoms with E-state index in [0.717, 1.165) is 10.9 Å². The highest BCUT2D eigenvalue weighted by atomic mass is 35.5. The van der Waals surface area contributed by atoms with Gasteiger partial charge in [0.1, 0.15) is 6.54 Å². The molecule has 45 heavy (non-hydrogen) atoms. The van der Waals surface area contributed by atoms with Crippen LogP contribution in [0.1, 0.15) is 23.5 Å². The first-order valence-corrected chi connectivity index (χ1v) is 13.9. The minimum absolute atomic E-state index is 0. The molecular weight excluding hydrogens is 615 g/mol. The number of benzene rings is 1. The van der Waals surface area contributed by atoms with Crippen LogP contribution < -0.4 is 16.4 Å². The molecule has 2 amide bonds. The molecule has 13 nitrogen and oxygen atoms in total. The Morgan fingerprint density at radius 1 is 1.16 bits per heavy atom. The zero-order valence-electron chi connectivity index (χ0n) is 23.2. The molecule has 3 aromatic heterocycles. The molecule has 17 heteroatoms. The normalized spacial score (nSPS) is 13.7. The van der Waals surface area contributed by atoms with E-state index in [-0.39, 0.29) is 60.1 Å². The number of imidazole rings is 1. The van der Waals surface area contributed by atoms with Crippen LogP contribution in [0.2, 0.25) is 5.02 Å². The third-order valence-corrected chi connectivity index (χ3v) is 7.24. The monoisotopic (exact) mass is 645 g/mol. The molecule has 4 aromatic rings. The Kier molecular flexibility index (Phi) is 10.3. The predicted octanol–water partition coefficient (Wildman–Crippen LogP) is 3.00. The number of nitrogens with one attached hydrogen (secondary N) is 2. The number of fused-ring (bicyclic) bond motifs is 1. The van der Waals surface area contributed by atoms with Gasteiger partial charge in [0.2, 0.25) is 5.91 Å². The van der Waals surface area contributed by atoms with Gasteiger partial charge in [0.05, 0.1) is 40.7 Å². The number of halogens is 4. The summed E-state index contributed by atoms with van der Waals surface area (Å²) < 4.78 is 43.6. The summed E-state index contributed by atoms with van der Waals surface area (Å²) in [5, 5.41) is 18.4. The third-order valence-electron chi connectivity index (χ3n) is 6.92. The van der Waals surface area contributed by atoms with Crippen molar-refractivity contribution in [3.8, 4) is 17.3 Å². The second kappa shape index (κ2) is 13.9. The second-order valence-corrected chi connectivity index (χ2v) is 10.3. The Morgan fingerprint density at radius 2 is 1.91 bits per heavy atom. The Labute approximate surface area is 261 Å². The number of nitrogens with zero attached hydrogens (tertiary/aromatic N) is 8. The van der Waals surface area contributed by atoms with Gasteiger partial charge in [0.25, 0.3) is 5.91 Å². The molecule has 0 aliphatic carbocycles. The minimum Gasteiger partial charge on any atom is -0.354 e. The number of nitriles is 1. The minimum atomic E-state index is -4.75. The van der Waals surface area contributed by atoms with E-state index in [9.17, 15) is 22.8 Å². The van der Waals surface area contributed by atoms with E-state index < -0.39 is 11.9 Å². The summed E-state index contributed by atoms with van der Waals surface area (Å²) in [6, 6.07) is 6.55. The summed E-state index contributed by atoms with van der Waals surface area (Å²) in [5.74, 6) is -0.126. The summed E-state index contributed by atoms with van der Waals surface area (Å²) in [6.07, 6.45) is 0.532. The van der Waals surface area contributed by atoms with Crippen molar-refractivity contribution in [3.63, 3.8) is 0 Å². The van der Waals surface area contributed by atoms with Crippen molar-refractivity contribution in [2.45, 2.75) is 20.1 Å². The molecule has 1 fully saturated rings. The van der Waals surface area contributed by atoms with Crippen molar-refractivity contribution >= 4 is 40.6 Å². The predicted molar refractivity (Wildman–Crippen MR) is 161 cm³/mol. The Hall–Kier alpha value is -4.72. The number of piperazine rings is 1. The zero-order chi connectivity index (χ0) is 31.4. The summed E-state index contributed by atoms with van der Waals surface area (Å²) in [4.78, 5) is 37.3. The fourth-order valence-corrected chi connectivity index (χ4v) is 5.09. The largest absolute Gasteiger partial charge is 0.435 e. The van der Waals surface area contributed by atoms with Crippen LogP contribution in [0.5, 0.6) is 0 Å². The van der Waals surface area contributed by atoms with E-state index in [0.29, 0.717) is 50.5 Å². The number of hydrogen-bond acceptors (Lipinski definition) is 9. The van der Waals surface area contributed by atoms with E-state index >= 15 is 0 Å². The number of nitrogens with two attached hydrogens (primary N) is 1. The fourth-order valence-electron chi connectivity index (χ4n) is 4.83. The summed E-state index contributed by atoms with van der Waals surface area (Å²) in [5.41, 5.74) is 5.15. The smallest absolute Gasteiger partial charge is 0.354 e. The van der Waals surface area contributed by atoms with Gasteiger partial charge in [-0.15, -0.1) is 0 Å². The number of amides is 2. The summed E-state index contributed by atoms with van der Waals surface area (Å²) >= 11 is 6.51. The van der Waals surface area contributed by atoms with Gasteiger partial charge in [0, 0.05) is 63.5 Å². The van der Waals surface area contributed by atoms with Gasteiger partial charge in [-0.05, 0) is 18.2 Å². The molecule has 1 aliphatic rings. The van der Waals surface area contributed by atoms with Gasteiger partial charge >= 0.3 is 6.18 Å². The first kappa shape index (κ1) is 33.2. The maximum atomic E-state index is 13.7. The van der Waals surface area contributed by atoms with Gasteiger partial charge in [-0.1, -0.05) is 19.0 Å². The molecule has 4 N–H and O–H groups in total. The number of alkyl halides is 3. The van der Waals surface area contributed by atoms with E-state index in [2.05, 4.69) is 25.7 Å². The van der Waals surface area contributed by atoms with Crippen LogP contribution in [0.25, 0.3) is 16.9 Å². The number of rotatable bonds is 9. The van der Waals surface area contributed by atoms with Crippen LogP contribution in [0, 0.1) is 11.3 Å². The van der Waals surface area contributed by atoms with Crippen molar-refractivity contribution < 1.29 is 22.8 Å². The molecule has 4 heterocycles. The van der Waals surface area contributed by atoms with E-state index in [4.69, 9.17) is 22.6 Å². The van der Waals surface area contributed by atoms with E-state index in [1.165, 1.54) is 23.0 Å². The van der Waals surface area contributed by atoms with Gasteiger partial charge in [-0.3, -0.25) is 23.6 Å². The van der Waals surface area contributed by atoms with Crippen molar-refractivity contribution in [1.82, 2.24) is 39.3 Å². The lowest BCUT2D eigenvalue weighted by Gasteiger charge is -2.34. The highest BCUT2D eigenvalue weighted by Gasteiger charge is 2.38. The Balaban J connectivity index is 0.00000461. The molecular formula is C28H31ClF3N11O2. The topological polar surface area (TPSA) is 162 Å². The van der Waals surface area contributed by atoms with Gasteiger partial charge in [0.15, 0.2) is 17.2 Å². The highest BCUT2D eigenvalue weighted by molar-refractivity contribution is 6.34. The molecule has 0 saturated carbocycles. The molecule has 0 bridgehead atoms. The molecule has 0 radical (unpaired) electrons. The molecule has 0 spiro atoms. The lowest BCUT2D eigenvalue weighted by atomic mass is 10.1. The van der Waals surface area contributed by atoms with Gasteiger partial charge in [-0.25, -0.2) is 9.97 Å². The van der Waals surface area contributed by atoms with Crippen molar-refractivity contribution in [1.29, 1.82) is 5.26 Å². The lowest BCUT2D eigenvalue weighted by molar-refractivity contribution is -0.141. The maximum Gasteiger partial charge on any atom is 0.435 e. The Morgan fingerprint density at radius 3 is 2.58 bits per heavy atom. The molecule has 0 atom stereocenters. The quantitative estimate of drug-likeness (QED) is 0.248. The van der Waals surface area contributed by atoms with Crippen LogP contribution in [0.15, 0.2) is 43.0 Å². The van der Waals surface area contributed by atoms with Crippen LogP contribution in [-0.2, 0) is 17.5 Å². The molecule has 1 saturated heterocycles. The summed E-state index contributed by atoms with van der Waals surface area (Å²) in [6.45, 7) is 2.58. The lowest BCUT2D eigenvalue weighted by Crippen LogP contribution is -2.51. The van der Waals surface area contributed by atoms with Crippen molar-refractivity contribution in [3.05, 3.63) is 59.3 Å². The average molecular weight is 646 g/mol. The van der Waals surface area contributed by atoms with Crippen LogP contribution >= 0.6 is 11.6 Å². The number of anilines is 2. The molecule has 1 aliphatic heterocycles. The third kappa shape index (κ3) is 7.33. The number of carbonyl (C=O) groups excluding carboxylic acids is 2.